The standard InChI is InChI=1S/C22H36N8O8/c31-5-13(6-32)17-23-18(14(7-33)8-34)26-21(25-17)29-1-2-30(4-3-29)22-27-19(15(9-35)10-36)24-20(28-22)16(11-37)12-38/h13-16,31-38H,1-12H2. The van der Waals surface area contributed by atoms with E-state index in [1.54, 1.807) is 0 Å². The zero-order valence-electron chi connectivity index (χ0n) is 21.0. The molecule has 16 heteroatoms. The van der Waals surface area contributed by atoms with Crippen molar-refractivity contribution < 1.29 is 40.9 Å². The minimum Gasteiger partial charge on any atom is -0.396 e. The topological polar surface area (TPSA) is 246 Å². The molecule has 0 unspecified atom stereocenters. The van der Waals surface area contributed by atoms with Crippen molar-refractivity contribution in [3.05, 3.63) is 23.3 Å². The average molecular weight is 541 g/mol. The Morgan fingerprint density at radius 2 is 0.605 bits per heavy atom. The molecule has 0 aromatic carbocycles. The highest BCUT2D eigenvalue weighted by atomic mass is 16.3. The van der Waals surface area contributed by atoms with Gasteiger partial charge in [-0.3, -0.25) is 0 Å². The van der Waals surface area contributed by atoms with E-state index in [9.17, 15) is 40.9 Å². The lowest BCUT2D eigenvalue weighted by Gasteiger charge is -2.35. The van der Waals surface area contributed by atoms with E-state index in [1.165, 1.54) is 0 Å². The molecule has 8 N–H and O–H groups in total. The average Bonchev–Trinajstić information content (AvgIpc) is 2.96. The molecule has 0 spiro atoms. The van der Waals surface area contributed by atoms with Crippen molar-refractivity contribution in [2.45, 2.75) is 23.7 Å². The van der Waals surface area contributed by atoms with Gasteiger partial charge in [0, 0.05) is 26.2 Å². The second-order valence-electron chi connectivity index (χ2n) is 8.93. The molecule has 2 aromatic heterocycles. The summed E-state index contributed by atoms with van der Waals surface area (Å²) < 4.78 is 0. The van der Waals surface area contributed by atoms with E-state index in [0.717, 1.165) is 0 Å². The number of rotatable bonds is 14. The van der Waals surface area contributed by atoms with E-state index in [4.69, 9.17) is 0 Å². The van der Waals surface area contributed by atoms with Crippen molar-refractivity contribution in [3.63, 3.8) is 0 Å². The van der Waals surface area contributed by atoms with Gasteiger partial charge in [-0.15, -0.1) is 0 Å². The van der Waals surface area contributed by atoms with Crippen molar-refractivity contribution >= 4 is 11.9 Å². The molecule has 1 saturated heterocycles. The molecule has 38 heavy (non-hydrogen) atoms. The fourth-order valence-electron chi connectivity index (χ4n) is 3.80. The zero-order valence-corrected chi connectivity index (χ0v) is 21.0. The second-order valence-corrected chi connectivity index (χ2v) is 8.93. The molecule has 0 amide bonds. The molecule has 16 nitrogen and oxygen atoms in total. The lowest BCUT2D eigenvalue weighted by Crippen LogP contribution is -2.48. The van der Waals surface area contributed by atoms with Crippen LogP contribution in [0.4, 0.5) is 11.9 Å². The zero-order chi connectivity index (χ0) is 27.7. The number of hydrogen-bond donors (Lipinski definition) is 8. The van der Waals surface area contributed by atoms with E-state index in [0.29, 0.717) is 26.2 Å². The summed E-state index contributed by atoms with van der Waals surface area (Å²) in [6.07, 6.45) is 0. The van der Waals surface area contributed by atoms with Gasteiger partial charge in [0.25, 0.3) is 0 Å². The molecule has 0 aliphatic carbocycles. The first-order chi connectivity index (χ1) is 18.5. The van der Waals surface area contributed by atoms with Crippen LogP contribution < -0.4 is 9.80 Å². The summed E-state index contributed by atoms with van der Waals surface area (Å²) >= 11 is 0. The number of piperazine rings is 1. The molecule has 3 rings (SSSR count). The van der Waals surface area contributed by atoms with Crippen LogP contribution in [0.1, 0.15) is 47.0 Å². The van der Waals surface area contributed by atoms with Crippen LogP contribution in [0, 0.1) is 0 Å². The first-order valence-electron chi connectivity index (χ1n) is 12.3. The monoisotopic (exact) mass is 540 g/mol. The Kier molecular flexibility index (Phi) is 11.4. The van der Waals surface area contributed by atoms with E-state index in [2.05, 4.69) is 29.9 Å². The fourth-order valence-corrected chi connectivity index (χ4v) is 3.80. The van der Waals surface area contributed by atoms with Crippen molar-refractivity contribution in [1.82, 2.24) is 29.9 Å². The molecule has 0 radical (unpaired) electrons. The molecule has 0 bridgehead atoms. The van der Waals surface area contributed by atoms with Gasteiger partial charge in [0.15, 0.2) is 0 Å². The third kappa shape index (κ3) is 6.83. The Morgan fingerprint density at radius 1 is 0.395 bits per heavy atom. The summed E-state index contributed by atoms with van der Waals surface area (Å²) in [5.74, 6) is -1.90. The summed E-state index contributed by atoms with van der Waals surface area (Å²) in [7, 11) is 0. The van der Waals surface area contributed by atoms with Gasteiger partial charge in [-0.05, 0) is 0 Å². The molecule has 1 aliphatic rings. The SMILES string of the molecule is OCC(CO)c1nc(C(CO)CO)nc(N2CCN(c3nc(C(CO)CO)nc(C(CO)CO)n3)CC2)n1. The van der Waals surface area contributed by atoms with Crippen LogP contribution in [0.3, 0.4) is 0 Å². The normalized spacial score (nSPS) is 14.5. The Morgan fingerprint density at radius 3 is 0.789 bits per heavy atom. The first kappa shape index (κ1) is 29.9. The van der Waals surface area contributed by atoms with E-state index >= 15 is 0 Å². The number of hydrogen-bond acceptors (Lipinski definition) is 16. The van der Waals surface area contributed by atoms with Gasteiger partial charge in [0.2, 0.25) is 11.9 Å². The quantitative estimate of drug-likeness (QED) is 0.113. The van der Waals surface area contributed by atoms with Crippen LogP contribution in [0.5, 0.6) is 0 Å². The Bertz CT molecular complexity index is 857. The third-order valence-corrected chi connectivity index (χ3v) is 6.39. The van der Waals surface area contributed by atoms with E-state index < -0.39 is 76.5 Å². The Labute approximate surface area is 219 Å². The van der Waals surface area contributed by atoms with Gasteiger partial charge < -0.3 is 50.7 Å². The fraction of sp³-hybridized carbons (Fsp3) is 0.727. The molecule has 1 fully saturated rings. The molecular weight excluding hydrogens is 504 g/mol. The van der Waals surface area contributed by atoms with Crippen LogP contribution in [0.25, 0.3) is 0 Å². The molecule has 0 atom stereocenters. The Hall–Kier alpha value is -2.70. The van der Waals surface area contributed by atoms with Crippen LogP contribution in [-0.2, 0) is 0 Å². The predicted molar refractivity (Wildman–Crippen MR) is 132 cm³/mol. The van der Waals surface area contributed by atoms with Crippen molar-refractivity contribution in [2.75, 3.05) is 88.8 Å². The highest BCUT2D eigenvalue weighted by Gasteiger charge is 2.28. The maximum atomic E-state index is 9.62. The molecule has 2 aromatic rings. The molecule has 3 heterocycles. The lowest BCUT2D eigenvalue weighted by atomic mass is 10.1. The number of aliphatic hydroxyl groups excluding tert-OH is 8. The predicted octanol–water partition coefficient (Wildman–Crippen LogP) is -4.34. The minimum absolute atomic E-state index is 0.147. The van der Waals surface area contributed by atoms with Gasteiger partial charge in [0.05, 0.1) is 76.5 Å². The van der Waals surface area contributed by atoms with Gasteiger partial charge in [-0.2, -0.15) is 19.9 Å². The largest absolute Gasteiger partial charge is 0.396 e. The van der Waals surface area contributed by atoms with Gasteiger partial charge in [-0.1, -0.05) is 0 Å². The summed E-state index contributed by atoms with van der Waals surface area (Å²) in [4.78, 5) is 29.9. The lowest BCUT2D eigenvalue weighted by molar-refractivity contribution is 0.180. The summed E-state index contributed by atoms with van der Waals surface area (Å²) in [6, 6.07) is 0. The number of aromatic nitrogens is 6. The molecular formula is C22H36N8O8. The highest BCUT2D eigenvalue weighted by molar-refractivity contribution is 5.39. The van der Waals surface area contributed by atoms with Gasteiger partial charge >= 0.3 is 0 Å². The molecule has 0 saturated carbocycles. The molecule has 1 aliphatic heterocycles. The highest BCUT2D eigenvalue weighted by Crippen LogP contribution is 2.23. The van der Waals surface area contributed by atoms with Crippen LogP contribution >= 0.6 is 0 Å². The summed E-state index contributed by atoms with van der Waals surface area (Å²) in [6.45, 7) is -1.58. The van der Waals surface area contributed by atoms with Crippen molar-refractivity contribution in [3.8, 4) is 0 Å². The Balaban J connectivity index is 1.88. The number of aliphatic hydroxyl groups is 8. The third-order valence-electron chi connectivity index (χ3n) is 6.39. The van der Waals surface area contributed by atoms with Gasteiger partial charge in [0.1, 0.15) is 23.3 Å². The van der Waals surface area contributed by atoms with Crippen molar-refractivity contribution in [2.24, 2.45) is 0 Å². The summed E-state index contributed by atoms with van der Waals surface area (Å²) in [5.41, 5.74) is 0. The van der Waals surface area contributed by atoms with E-state index in [-0.39, 0.29) is 35.2 Å². The number of anilines is 2. The smallest absolute Gasteiger partial charge is 0.229 e. The maximum absolute atomic E-state index is 9.62. The van der Waals surface area contributed by atoms with Gasteiger partial charge in [-0.25, -0.2) is 9.97 Å². The van der Waals surface area contributed by atoms with Crippen molar-refractivity contribution in [1.29, 1.82) is 0 Å². The van der Waals surface area contributed by atoms with Crippen LogP contribution in [-0.4, -0.2) is 150 Å². The first-order valence-corrected chi connectivity index (χ1v) is 12.3. The molecule has 212 valence electrons. The van der Waals surface area contributed by atoms with Crippen LogP contribution in [0.15, 0.2) is 0 Å². The van der Waals surface area contributed by atoms with Crippen LogP contribution in [0.2, 0.25) is 0 Å². The minimum atomic E-state index is -0.756. The second kappa shape index (κ2) is 14.5. The maximum Gasteiger partial charge on any atom is 0.229 e. The van der Waals surface area contributed by atoms with E-state index in [1.807, 2.05) is 9.80 Å². The summed E-state index contributed by atoms with van der Waals surface area (Å²) in [5, 5.41) is 76.9. The number of nitrogens with zero attached hydrogens (tertiary/aromatic N) is 8.